The maximum absolute atomic E-state index is 12.6. The number of nitrogens with one attached hydrogen (secondary N) is 2. The van der Waals surface area contributed by atoms with Gasteiger partial charge in [0.25, 0.3) is 0 Å². The molecule has 26 heavy (non-hydrogen) atoms. The third kappa shape index (κ3) is 8.88. The van der Waals surface area contributed by atoms with Crippen molar-refractivity contribution in [3.63, 3.8) is 0 Å². The summed E-state index contributed by atoms with van der Waals surface area (Å²) in [5.74, 6) is 1.58. The van der Waals surface area contributed by atoms with Crippen molar-refractivity contribution >= 4 is 35.8 Å². The number of aliphatic imine (C=N–C) groups is 1. The van der Waals surface area contributed by atoms with E-state index >= 15 is 0 Å². The molecule has 1 fully saturated rings. The Balaban J connectivity index is 0.00000625. The summed E-state index contributed by atoms with van der Waals surface area (Å²) in [6.45, 7) is 10.1. The number of nitrogens with zero attached hydrogens (tertiary/aromatic N) is 2. The van der Waals surface area contributed by atoms with Crippen LogP contribution in [0.4, 0.5) is 0 Å². The number of hydrogen-bond acceptors (Lipinski definition) is 3. The highest BCUT2D eigenvalue weighted by Gasteiger charge is 2.41. The number of carbonyl (C=O) groups excluding carboxylic acids is 1. The lowest BCUT2D eigenvalue weighted by atomic mass is 9.85. The van der Waals surface area contributed by atoms with Crippen molar-refractivity contribution < 1.29 is 9.53 Å². The molecule has 0 radical (unpaired) electrons. The maximum atomic E-state index is 12.6. The number of guanidine groups is 1. The van der Waals surface area contributed by atoms with E-state index in [1.54, 1.807) is 4.90 Å². The first-order valence-electron chi connectivity index (χ1n) is 9.73. The van der Waals surface area contributed by atoms with Gasteiger partial charge in [0.15, 0.2) is 5.96 Å². The van der Waals surface area contributed by atoms with Gasteiger partial charge in [0.1, 0.15) is 0 Å². The van der Waals surface area contributed by atoms with E-state index in [0.29, 0.717) is 12.5 Å². The van der Waals surface area contributed by atoms with Gasteiger partial charge in [-0.2, -0.15) is 0 Å². The van der Waals surface area contributed by atoms with Crippen LogP contribution in [0.5, 0.6) is 0 Å². The molecule has 0 spiro atoms. The van der Waals surface area contributed by atoms with E-state index in [-0.39, 0.29) is 35.3 Å². The van der Waals surface area contributed by atoms with Crippen molar-refractivity contribution in [2.45, 2.75) is 52.9 Å². The van der Waals surface area contributed by atoms with Crippen molar-refractivity contribution in [3.8, 4) is 0 Å². The molecule has 0 heterocycles. The molecule has 0 aromatic carbocycles. The van der Waals surface area contributed by atoms with E-state index in [0.717, 1.165) is 64.4 Å². The topological polar surface area (TPSA) is 66.0 Å². The minimum Gasteiger partial charge on any atom is -0.381 e. The normalized spacial score (nSPS) is 16.3. The lowest BCUT2D eigenvalue weighted by Crippen LogP contribution is -2.43. The summed E-state index contributed by atoms with van der Waals surface area (Å²) < 4.78 is 5.60. The monoisotopic (exact) mass is 482 g/mol. The molecular weight excluding hydrogens is 443 g/mol. The molecule has 6 nitrogen and oxygen atoms in total. The third-order valence-electron chi connectivity index (χ3n) is 4.51. The third-order valence-corrected chi connectivity index (χ3v) is 4.51. The SMILES string of the molecule is CCNC(=NCC1(C(=O)N(C)C)CCCC1)NCCCOCC(C)C.I. The van der Waals surface area contributed by atoms with Crippen molar-refractivity contribution in [2.24, 2.45) is 16.3 Å². The Labute approximate surface area is 176 Å². The van der Waals surface area contributed by atoms with Gasteiger partial charge >= 0.3 is 0 Å². The van der Waals surface area contributed by atoms with E-state index in [1.807, 2.05) is 14.1 Å². The molecule has 2 N–H and O–H groups in total. The van der Waals surface area contributed by atoms with Crippen molar-refractivity contribution in [3.05, 3.63) is 0 Å². The number of ether oxygens (including phenoxy) is 1. The van der Waals surface area contributed by atoms with Gasteiger partial charge in [0.2, 0.25) is 5.91 Å². The van der Waals surface area contributed by atoms with Gasteiger partial charge in [0.05, 0.1) is 12.0 Å². The van der Waals surface area contributed by atoms with Gasteiger partial charge < -0.3 is 20.3 Å². The van der Waals surface area contributed by atoms with Crippen molar-refractivity contribution in [1.29, 1.82) is 0 Å². The summed E-state index contributed by atoms with van der Waals surface area (Å²) in [5, 5.41) is 6.63. The molecule has 0 aliphatic heterocycles. The van der Waals surface area contributed by atoms with Crippen LogP contribution in [0.2, 0.25) is 0 Å². The van der Waals surface area contributed by atoms with Gasteiger partial charge in [-0.05, 0) is 32.1 Å². The van der Waals surface area contributed by atoms with Crippen molar-refractivity contribution in [2.75, 3.05) is 46.9 Å². The summed E-state index contributed by atoms with van der Waals surface area (Å²) in [5.41, 5.74) is -0.313. The molecule has 1 aliphatic carbocycles. The molecule has 154 valence electrons. The maximum Gasteiger partial charge on any atom is 0.230 e. The zero-order valence-corrected chi connectivity index (χ0v) is 19.6. The van der Waals surface area contributed by atoms with Crippen LogP contribution in [0.1, 0.15) is 52.9 Å². The molecule has 0 aromatic rings. The summed E-state index contributed by atoms with van der Waals surface area (Å²) >= 11 is 0. The second kappa shape index (κ2) is 13.6. The Kier molecular flexibility index (Phi) is 13.3. The van der Waals surface area contributed by atoms with Crippen LogP contribution in [0.15, 0.2) is 4.99 Å². The highest BCUT2D eigenvalue weighted by Crippen LogP contribution is 2.39. The number of halogens is 1. The summed E-state index contributed by atoms with van der Waals surface area (Å²) in [6, 6.07) is 0. The Morgan fingerprint density at radius 2 is 1.88 bits per heavy atom. The first-order chi connectivity index (χ1) is 11.9. The molecule has 0 saturated heterocycles. The second-order valence-electron chi connectivity index (χ2n) is 7.63. The van der Waals surface area contributed by atoms with Gasteiger partial charge in [-0.25, -0.2) is 0 Å². The summed E-state index contributed by atoms with van der Waals surface area (Å²) in [4.78, 5) is 19.1. The Hall–Kier alpha value is -0.570. The highest BCUT2D eigenvalue weighted by atomic mass is 127. The van der Waals surface area contributed by atoms with E-state index in [4.69, 9.17) is 9.73 Å². The van der Waals surface area contributed by atoms with Crippen LogP contribution in [-0.2, 0) is 9.53 Å². The average molecular weight is 482 g/mol. The van der Waals surface area contributed by atoms with E-state index in [2.05, 4.69) is 31.4 Å². The lowest BCUT2D eigenvalue weighted by molar-refractivity contribution is -0.138. The fourth-order valence-electron chi connectivity index (χ4n) is 3.24. The number of rotatable bonds is 10. The minimum absolute atomic E-state index is 0. The molecule has 1 rings (SSSR count). The average Bonchev–Trinajstić information content (AvgIpc) is 3.04. The van der Waals surface area contributed by atoms with Crippen LogP contribution in [-0.4, -0.2) is 63.7 Å². The first-order valence-corrected chi connectivity index (χ1v) is 9.73. The Morgan fingerprint density at radius 1 is 1.23 bits per heavy atom. The molecule has 0 atom stereocenters. The molecule has 1 saturated carbocycles. The Bertz CT molecular complexity index is 422. The van der Waals surface area contributed by atoms with Gasteiger partial charge in [-0.1, -0.05) is 26.7 Å². The highest BCUT2D eigenvalue weighted by molar-refractivity contribution is 14.0. The molecular formula is C19H39IN4O2. The summed E-state index contributed by atoms with van der Waals surface area (Å²) in [6.07, 6.45) is 5.06. The predicted octanol–water partition coefficient (Wildman–Crippen LogP) is 2.87. The van der Waals surface area contributed by atoms with Crippen LogP contribution >= 0.6 is 24.0 Å². The summed E-state index contributed by atoms with van der Waals surface area (Å²) in [7, 11) is 3.68. The number of carbonyl (C=O) groups is 1. The smallest absolute Gasteiger partial charge is 0.230 e. The first kappa shape index (κ1) is 25.4. The zero-order chi connectivity index (χ0) is 18.7. The van der Waals surface area contributed by atoms with Crippen LogP contribution in [0.3, 0.4) is 0 Å². The second-order valence-corrected chi connectivity index (χ2v) is 7.63. The van der Waals surface area contributed by atoms with E-state index in [9.17, 15) is 4.79 Å². The van der Waals surface area contributed by atoms with Crippen LogP contribution < -0.4 is 10.6 Å². The number of hydrogen-bond donors (Lipinski definition) is 2. The fraction of sp³-hybridized carbons (Fsp3) is 0.895. The van der Waals surface area contributed by atoms with E-state index in [1.165, 1.54) is 0 Å². The number of amides is 1. The van der Waals surface area contributed by atoms with Crippen molar-refractivity contribution in [1.82, 2.24) is 15.5 Å². The van der Waals surface area contributed by atoms with Crippen LogP contribution in [0, 0.1) is 11.3 Å². The standard InChI is InChI=1S/C19H38N4O2.HI/c1-6-20-18(21-12-9-13-25-14-16(2)3)22-15-19(10-7-8-11-19)17(24)23(4)5;/h16H,6-15H2,1-5H3,(H2,20,21,22);1H. The fourth-order valence-corrected chi connectivity index (χ4v) is 3.24. The molecule has 7 heteroatoms. The molecule has 0 bridgehead atoms. The Morgan fingerprint density at radius 3 is 2.42 bits per heavy atom. The molecule has 0 aromatic heterocycles. The van der Waals surface area contributed by atoms with E-state index < -0.39 is 0 Å². The van der Waals surface area contributed by atoms with Gasteiger partial charge in [-0.15, -0.1) is 24.0 Å². The molecule has 0 unspecified atom stereocenters. The largest absolute Gasteiger partial charge is 0.381 e. The molecule has 1 amide bonds. The van der Waals surface area contributed by atoms with Crippen LogP contribution in [0.25, 0.3) is 0 Å². The minimum atomic E-state index is -0.313. The van der Waals surface area contributed by atoms with Gasteiger partial charge in [0, 0.05) is 40.4 Å². The molecule has 1 aliphatic rings. The zero-order valence-electron chi connectivity index (χ0n) is 17.3. The lowest BCUT2D eigenvalue weighted by Gasteiger charge is -2.29. The predicted molar refractivity (Wildman–Crippen MR) is 119 cm³/mol. The van der Waals surface area contributed by atoms with Gasteiger partial charge in [-0.3, -0.25) is 9.79 Å². The quantitative estimate of drug-likeness (QED) is 0.218.